The molecule has 1 fully saturated rings. The molecule has 0 aromatic rings. The van der Waals surface area contributed by atoms with Crippen LogP contribution in [-0.2, 0) is 28.6 Å². The lowest BCUT2D eigenvalue weighted by Crippen LogP contribution is -2.34. The minimum Gasteiger partial charge on any atom is -0.469 e. The third kappa shape index (κ3) is 2.82. The van der Waals surface area contributed by atoms with E-state index in [4.69, 9.17) is 4.74 Å². The highest BCUT2D eigenvalue weighted by Gasteiger charge is 2.39. The monoisotopic (exact) mass is 228 g/mol. The zero-order valence-electron chi connectivity index (χ0n) is 9.02. The average Bonchev–Trinajstić information content (AvgIpc) is 2.30. The molecule has 88 valence electrons. The second-order valence-electron chi connectivity index (χ2n) is 3.14. The Balaban J connectivity index is 2.52. The first kappa shape index (κ1) is 12.2. The van der Waals surface area contributed by atoms with Gasteiger partial charge in [0.05, 0.1) is 27.1 Å². The van der Waals surface area contributed by atoms with E-state index in [1.54, 1.807) is 0 Å². The van der Waals surface area contributed by atoms with Gasteiger partial charge in [-0.05, 0) is 6.08 Å². The molecule has 1 aliphatic heterocycles. The molecule has 0 aromatic carbocycles. The fraction of sp³-hybridized carbons (Fsp3) is 0.500. The van der Waals surface area contributed by atoms with Gasteiger partial charge in [-0.15, -0.1) is 0 Å². The summed E-state index contributed by atoms with van der Waals surface area (Å²) in [6, 6.07) is 0. The van der Waals surface area contributed by atoms with Gasteiger partial charge in [-0.2, -0.15) is 0 Å². The first-order valence-electron chi connectivity index (χ1n) is 4.63. The molecule has 16 heavy (non-hydrogen) atoms. The van der Waals surface area contributed by atoms with Crippen molar-refractivity contribution < 1.29 is 28.6 Å². The summed E-state index contributed by atoms with van der Waals surface area (Å²) < 4.78 is 13.6. The molecule has 0 unspecified atom stereocenters. The van der Waals surface area contributed by atoms with E-state index in [1.807, 2.05) is 0 Å². The maximum absolute atomic E-state index is 11.0. The van der Waals surface area contributed by atoms with E-state index in [2.05, 4.69) is 9.47 Å². The Hall–Kier alpha value is -1.85. The fourth-order valence-corrected chi connectivity index (χ4v) is 1.20. The van der Waals surface area contributed by atoms with Crippen LogP contribution >= 0.6 is 0 Å². The minimum absolute atomic E-state index is 0.0107. The predicted molar refractivity (Wildman–Crippen MR) is 50.9 cm³/mol. The van der Waals surface area contributed by atoms with Gasteiger partial charge in [0.2, 0.25) is 0 Å². The summed E-state index contributed by atoms with van der Waals surface area (Å²) in [5, 5.41) is 0. The van der Waals surface area contributed by atoms with Gasteiger partial charge in [0.15, 0.2) is 0 Å². The van der Waals surface area contributed by atoms with Gasteiger partial charge < -0.3 is 14.2 Å². The SMILES string of the molecule is COC(=O)CC=C1OC(=O)[C@H]1CC(=O)OC. The summed E-state index contributed by atoms with van der Waals surface area (Å²) in [6.45, 7) is 0. The Morgan fingerprint density at radius 1 is 1.31 bits per heavy atom. The van der Waals surface area contributed by atoms with Crippen LogP contribution in [-0.4, -0.2) is 32.1 Å². The topological polar surface area (TPSA) is 78.9 Å². The van der Waals surface area contributed by atoms with Crippen molar-refractivity contribution in [1.29, 1.82) is 0 Å². The second kappa shape index (κ2) is 5.29. The van der Waals surface area contributed by atoms with Crippen LogP contribution in [0, 0.1) is 5.92 Å². The van der Waals surface area contributed by atoms with Gasteiger partial charge in [-0.25, -0.2) is 0 Å². The molecule has 0 spiro atoms. The van der Waals surface area contributed by atoms with E-state index in [9.17, 15) is 14.4 Å². The van der Waals surface area contributed by atoms with Crippen LogP contribution in [0.2, 0.25) is 0 Å². The second-order valence-corrected chi connectivity index (χ2v) is 3.14. The highest BCUT2D eigenvalue weighted by atomic mass is 16.6. The summed E-state index contributed by atoms with van der Waals surface area (Å²) in [7, 11) is 2.50. The van der Waals surface area contributed by atoms with Crippen molar-refractivity contribution in [2.75, 3.05) is 14.2 Å². The standard InChI is InChI=1S/C10H12O6/c1-14-8(11)4-3-7-6(10(13)16-7)5-9(12)15-2/h3,6H,4-5H2,1-2H3/t6-/m0/s1. The summed E-state index contributed by atoms with van der Waals surface area (Å²) >= 11 is 0. The Bertz CT molecular complexity index is 343. The molecule has 0 aromatic heterocycles. The molecule has 1 rings (SSSR count). The summed E-state index contributed by atoms with van der Waals surface area (Å²) in [4.78, 5) is 32.8. The molecule has 0 N–H and O–H groups in total. The molecule has 0 aliphatic carbocycles. The molecule has 0 bridgehead atoms. The zero-order chi connectivity index (χ0) is 12.1. The number of rotatable bonds is 4. The molecule has 6 nitrogen and oxygen atoms in total. The summed E-state index contributed by atoms with van der Waals surface area (Å²) in [5.41, 5.74) is 0. The first-order chi connectivity index (χ1) is 7.58. The van der Waals surface area contributed by atoms with Gasteiger partial charge in [0, 0.05) is 0 Å². The molecule has 1 heterocycles. The van der Waals surface area contributed by atoms with Gasteiger partial charge in [0.1, 0.15) is 11.7 Å². The Morgan fingerprint density at radius 3 is 2.44 bits per heavy atom. The normalized spacial score (nSPS) is 21.0. The van der Waals surface area contributed by atoms with Crippen molar-refractivity contribution in [3.8, 4) is 0 Å². The molecule has 1 aliphatic rings. The smallest absolute Gasteiger partial charge is 0.322 e. The van der Waals surface area contributed by atoms with Crippen molar-refractivity contribution in [3.05, 3.63) is 11.8 Å². The largest absolute Gasteiger partial charge is 0.469 e. The van der Waals surface area contributed by atoms with Crippen LogP contribution < -0.4 is 0 Å². The Kier molecular flexibility index (Phi) is 4.04. The molecular weight excluding hydrogens is 216 g/mol. The Labute approximate surface area is 92.2 Å². The number of esters is 3. The van der Waals surface area contributed by atoms with Crippen molar-refractivity contribution in [3.63, 3.8) is 0 Å². The lowest BCUT2D eigenvalue weighted by atomic mass is 9.97. The molecular formula is C10H12O6. The molecule has 6 heteroatoms. The Morgan fingerprint density at radius 2 is 1.94 bits per heavy atom. The van der Waals surface area contributed by atoms with Crippen molar-refractivity contribution in [1.82, 2.24) is 0 Å². The fourth-order valence-electron chi connectivity index (χ4n) is 1.20. The third-order valence-corrected chi connectivity index (χ3v) is 2.14. The summed E-state index contributed by atoms with van der Waals surface area (Å²) in [6.07, 6.45) is 1.37. The highest BCUT2D eigenvalue weighted by Crippen LogP contribution is 2.30. The maximum atomic E-state index is 11.0. The molecule has 0 amide bonds. The first-order valence-corrected chi connectivity index (χ1v) is 4.63. The average molecular weight is 228 g/mol. The predicted octanol–water partition coefficient (Wildman–Crippen LogP) is 0.169. The number of ether oxygens (including phenoxy) is 3. The van der Waals surface area contributed by atoms with E-state index in [-0.39, 0.29) is 12.8 Å². The molecule has 1 saturated heterocycles. The van der Waals surface area contributed by atoms with E-state index in [1.165, 1.54) is 20.3 Å². The number of methoxy groups -OCH3 is 2. The number of hydrogen-bond donors (Lipinski definition) is 0. The number of carbonyl (C=O) groups excluding carboxylic acids is 3. The summed E-state index contributed by atoms with van der Waals surface area (Å²) in [5.74, 6) is -1.72. The molecule has 1 atom stereocenters. The van der Waals surface area contributed by atoms with E-state index in [0.717, 1.165) is 0 Å². The molecule has 0 radical (unpaired) electrons. The zero-order valence-corrected chi connectivity index (χ0v) is 9.02. The van der Waals surface area contributed by atoms with Gasteiger partial charge >= 0.3 is 17.9 Å². The van der Waals surface area contributed by atoms with Crippen LogP contribution in [0.3, 0.4) is 0 Å². The van der Waals surface area contributed by atoms with Crippen molar-refractivity contribution in [2.24, 2.45) is 5.92 Å². The van der Waals surface area contributed by atoms with Gasteiger partial charge in [-0.3, -0.25) is 14.4 Å². The number of hydrogen-bond acceptors (Lipinski definition) is 6. The lowest BCUT2D eigenvalue weighted by molar-refractivity contribution is -0.162. The van der Waals surface area contributed by atoms with Crippen molar-refractivity contribution in [2.45, 2.75) is 12.8 Å². The van der Waals surface area contributed by atoms with E-state index in [0.29, 0.717) is 5.76 Å². The van der Waals surface area contributed by atoms with Crippen LogP contribution in [0.5, 0.6) is 0 Å². The van der Waals surface area contributed by atoms with Crippen LogP contribution in [0.25, 0.3) is 0 Å². The van der Waals surface area contributed by atoms with Crippen LogP contribution in [0.15, 0.2) is 11.8 Å². The number of carbonyl (C=O) groups is 3. The van der Waals surface area contributed by atoms with Crippen LogP contribution in [0.1, 0.15) is 12.8 Å². The van der Waals surface area contributed by atoms with Gasteiger partial charge in [0.25, 0.3) is 0 Å². The lowest BCUT2D eigenvalue weighted by Gasteiger charge is -2.26. The maximum Gasteiger partial charge on any atom is 0.322 e. The van der Waals surface area contributed by atoms with Gasteiger partial charge in [-0.1, -0.05) is 0 Å². The van der Waals surface area contributed by atoms with Crippen LogP contribution in [0.4, 0.5) is 0 Å². The van der Waals surface area contributed by atoms with E-state index < -0.39 is 23.8 Å². The third-order valence-electron chi connectivity index (χ3n) is 2.14. The number of cyclic esters (lactones) is 1. The minimum atomic E-state index is -0.628. The quantitative estimate of drug-likeness (QED) is 0.504. The highest BCUT2D eigenvalue weighted by molar-refractivity contribution is 5.88. The van der Waals surface area contributed by atoms with E-state index >= 15 is 0 Å². The molecule has 0 saturated carbocycles. The van der Waals surface area contributed by atoms with Crippen molar-refractivity contribution >= 4 is 17.9 Å².